The minimum atomic E-state index is 0.0655. The van der Waals surface area contributed by atoms with Gasteiger partial charge < -0.3 is 9.26 Å². The van der Waals surface area contributed by atoms with Crippen LogP contribution in [-0.2, 0) is 6.61 Å². The number of hydrogen-bond donors (Lipinski definition) is 0. The topological polar surface area (TPSA) is 65.2 Å². The van der Waals surface area contributed by atoms with Gasteiger partial charge in [0.1, 0.15) is 5.75 Å². The van der Waals surface area contributed by atoms with Gasteiger partial charge in [-0.25, -0.2) is 0 Å². The summed E-state index contributed by atoms with van der Waals surface area (Å²) in [5, 5.41) is 4.49. The van der Waals surface area contributed by atoms with Gasteiger partial charge in [-0.05, 0) is 30.3 Å². The predicted octanol–water partition coefficient (Wildman–Crippen LogP) is 4.54. The third kappa shape index (κ3) is 3.78. The van der Waals surface area contributed by atoms with Gasteiger partial charge in [0.15, 0.2) is 12.9 Å². The van der Waals surface area contributed by atoms with Crippen LogP contribution in [0.2, 0.25) is 5.02 Å². The molecule has 0 saturated heterocycles. The zero-order chi connectivity index (χ0) is 16.2. The third-order valence-corrected chi connectivity index (χ3v) is 3.73. The van der Waals surface area contributed by atoms with Gasteiger partial charge in [-0.1, -0.05) is 44.8 Å². The molecular weight excluding hydrogens is 384 g/mol. The fourth-order valence-corrected chi connectivity index (χ4v) is 2.51. The van der Waals surface area contributed by atoms with Crippen LogP contribution in [0.25, 0.3) is 11.4 Å². The third-order valence-electron chi connectivity index (χ3n) is 3.00. The Labute approximate surface area is 145 Å². The molecule has 1 heterocycles. The van der Waals surface area contributed by atoms with E-state index in [-0.39, 0.29) is 6.61 Å². The first-order valence-corrected chi connectivity index (χ1v) is 7.79. The normalized spacial score (nSPS) is 10.5. The zero-order valence-corrected chi connectivity index (χ0v) is 14.0. The van der Waals surface area contributed by atoms with E-state index < -0.39 is 0 Å². The van der Waals surface area contributed by atoms with E-state index in [1.807, 2.05) is 12.1 Å². The van der Waals surface area contributed by atoms with Crippen LogP contribution in [0.5, 0.6) is 5.75 Å². The highest BCUT2D eigenvalue weighted by Gasteiger charge is 2.11. The molecule has 116 valence electrons. The van der Waals surface area contributed by atoms with Gasteiger partial charge in [-0.2, -0.15) is 4.98 Å². The molecule has 2 aromatic carbocycles. The molecule has 1 aromatic heterocycles. The molecule has 0 saturated carbocycles. The Morgan fingerprint density at radius 1 is 1.26 bits per heavy atom. The Balaban J connectivity index is 1.74. The molecule has 0 fully saturated rings. The van der Waals surface area contributed by atoms with Gasteiger partial charge in [0, 0.05) is 15.1 Å². The molecule has 0 aliphatic rings. The monoisotopic (exact) mass is 392 g/mol. The predicted molar refractivity (Wildman–Crippen MR) is 88.6 cm³/mol. The molecule has 3 aromatic rings. The van der Waals surface area contributed by atoms with E-state index in [4.69, 9.17) is 20.9 Å². The number of aldehydes is 1. The van der Waals surface area contributed by atoms with Crippen LogP contribution in [0.4, 0.5) is 0 Å². The summed E-state index contributed by atoms with van der Waals surface area (Å²) in [6.45, 7) is 0.0655. The number of carbonyl (C=O) groups excluding carboxylic acids is 1. The summed E-state index contributed by atoms with van der Waals surface area (Å²) in [4.78, 5) is 15.3. The molecule has 0 spiro atoms. The minimum absolute atomic E-state index is 0.0655. The largest absolute Gasteiger partial charge is 0.483 e. The number of halogens is 2. The van der Waals surface area contributed by atoms with Crippen molar-refractivity contribution < 1.29 is 14.1 Å². The van der Waals surface area contributed by atoms with E-state index in [0.29, 0.717) is 28.1 Å². The standard InChI is InChI=1S/C16H10BrClN2O3/c17-12-4-5-14(11(6-12)8-21)22-9-15-19-16(20-23-15)10-2-1-3-13(18)7-10/h1-8H,9H2. The molecule has 0 bridgehead atoms. The maximum absolute atomic E-state index is 11.0. The van der Waals surface area contributed by atoms with Crippen LogP contribution in [0.1, 0.15) is 16.2 Å². The summed E-state index contributed by atoms with van der Waals surface area (Å²) in [7, 11) is 0. The first kappa shape index (κ1) is 15.7. The highest BCUT2D eigenvalue weighted by molar-refractivity contribution is 9.10. The van der Waals surface area contributed by atoms with Gasteiger partial charge in [0.05, 0.1) is 5.56 Å². The number of rotatable bonds is 5. The minimum Gasteiger partial charge on any atom is -0.483 e. The zero-order valence-electron chi connectivity index (χ0n) is 11.7. The Bertz CT molecular complexity index is 851. The molecule has 0 atom stereocenters. The summed E-state index contributed by atoms with van der Waals surface area (Å²) >= 11 is 9.24. The average Bonchev–Trinajstić information content (AvgIpc) is 3.02. The lowest BCUT2D eigenvalue weighted by Gasteiger charge is -2.05. The van der Waals surface area contributed by atoms with Crippen LogP contribution in [0.3, 0.4) is 0 Å². The van der Waals surface area contributed by atoms with Crippen LogP contribution >= 0.6 is 27.5 Å². The Hall–Kier alpha value is -2.18. The van der Waals surface area contributed by atoms with Gasteiger partial charge in [-0.15, -0.1) is 0 Å². The molecule has 0 radical (unpaired) electrons. The van der Waals surface area contributed by atoms with Crippen LogP contribution in [-0.4, -0.2) is 16.4 Å². The van der Waals surface area contributed by atoms with E-state index in [0.717, 1.165) is 16.3 Å². The number of aromatic nitrogens is 2. The molecule has 0 aliphatic heterocycles. The summed E-state index contributed by atoms with van der Waals surface area (Å²) in [5.74, 6) is 1.18. The van der Waals surface area contributed by atoms with Crippen molar-refractivity contribution >= 4 is 33.8 Å². The molecule has 3 rings (SSSR count). The molecule has 5 nitrogen and oxygen atoms in total. The second-order valence-corrected chi connectivity index (χ2v) is 5.96. The molecular formula is C16H10BrClN2O3. The molecule has 0 unspecified atom stereocenters. The van der Waals surface area contributed by atoms with Crippen LogP contribution in [0, 0.1) is 0 Å². The van der Waals surface area contributed by atoms with E-state index in [1.165, 1.54) is 0 Å². The van der Waals surface area contributed by atoms with Crippen LogP contribution in [0.15, 0.2) is 51.5 Å². The maximum atomic E-state index is 11.0. The van der Waals surface area contributed by atoms with Gasteiger partial charge in [-0.3, -0.25) is 4.79 Å². The number of nitrogens with zero attached hydrogens (tertiary/aromatic N) is 2. The smallest absolute Gasteiger partial charge is 0.264 e. The van der Waals surface area contributed by atoms with Gasteiger partial charge in [0.2, 0.25) is 5.82 Å². The van der Waals surface area contributed by atoms with E-state index in [2.05, 4.69) is 26.1 Å². The lowest BCUT2D eigenvalue weighted by atomic mass is 10.2. The van der Waals surface area contributed by atoms with Crippen molar-refractivity contribution in [3.8, 4) is 17.1 Å². The van der Waals surface area contributed by atoms with Crippen molar-refractivity contribution in [2.24, 2.45) is 0 Å². The molecule has 23 heavy (non-hydrogen) atoms. The fourth-order valence-electron chi connectivity index (χ4n) is 1.94. The maximum Gasteiger partial charge on any atom is 0.264 e. The van der Waals surface area contributed by atoms with Crippen LogP contribution < -0.4 is 4.74 Å². The van der Waals surface area contributed by atoms with Crippen molar-refractivity contribution in [3.63, 3.8) is 0 Å². The van der Waals surface area contributed by atoms with Crippen molar-refractivity contribution in [2.75, 3.05) is 0 Å². The lowest BCUT2D eigenvalue weighted by Crippen LogP contribution is -1.98. The first-order valence-electron chi connectivity index (χ1n) is 6.62. The summed E-state index contributed by atoms with van der Waals surface area (Å²) in [6.07, 6.45) is 0.727. The Kier molecular flexibility index (Phi) is 4.73. The van der Waals surface area contributed by atoms with Crippen molar-refractivity contribution in [3.05, 3.63) is 63.4 Å². The van der Waals surface area contributed by atoms with Gasteiger partial charge >= 0.3 is 0 Å². The van der Waals surface area contributed by atoms with Crippen molar-refractivity contribution in [1.29, 1.82) is 0 Å². The number of benzene rings is 2. The fraction of sp³-hybridized carbons (Fsp3) is 0.0625. The summed E-state index contributed by atoms with van der Waals surface area (Å²) in [5.41, 5.74) is 1.19. The molecule has 0 aliphatic carbocycles. The number of hydrogen-bond acceptors (Lipinski definition) is 5. The quantitative estimate of drug-likeness (QED) is 0.595. The van der Waals surface area contributed by atoms with Gasteiger partial charge in [0.25, 0.3) is 5.89 Å². The highest BCUT2D eigenvalue weighted by Crippen LogP contribution is 2.23. The number of carbonyl (C=O) groups is 1. The molecule has 0 N–H and O–H groups in total. The lowest BCUT2D eigenvalue weighted by molar-refractivity contribution is 0.111. The summed E-state index contributed by atoms with van der Waals surface area (Å²) in [6, 6.07) is 12.3. The Morgan fingerprint density at radius 2 is 2.13 bits per heavy atom. The molecule has 7 heteroatoms. The van der Waals surface area contributed by atoms with Crippen molar-refractivity contribution in [1.82, 2.24) is 10.1 Å². The highest BCUT2D eigenvalue weighted by atomic mass is 79.9. The van der Waals surface area contributed by atoms with E-state index in [9.17, 15) is 4.79 Å². The van der Waals surface area contributed by atoms with E-state index >= 15 is 0 Å². The average molecular weight is 394 g/mol. The number of ether oxygens (including phenoxy) is 1. The SMILES string of the molecule is O=Cc1cc(Br)ccc1OCc1nc(-c2cccc(Cl)c2)no1. The van der Waals surface area contributed by atoms with Crippen molar-refractivity contribution in [2.45, 2.75) is 6.61 Å². The molecule has 0 amide bonds. The first-order chi connectivity index (χ1) is 11.2. The second kappa shape index (κ2) is 6.93. The summed E-state index contributed by atoms with van der Waals surface area (Å²) < 4.78 is 11.5. The second-order valence-electron chi connectivity index (χ2n) is 4.61. The Morgan fingerprint density at radius 3 is 2.91 bits per heavy atom. The van der Waals surface area contributed by atoms with E-state index in [1.54, 1.807) is 30.3 Å².